The zero-order chi connectivity index (χ0) is 12.7. The van der Waals surface area contributed by atoms with Gasteiger partial charge in [-0.3, -0.25) is 0 Å². The molecule has 3 N–H and O–H groups in total. The summed E-state index contributed by atoms with van der Waals surface area (Å²) in [4.78, 5) is 15.3. The van der Waals surface area contributed by atoms with Crippen molar-refractivity contribution in [2.75, 3.05) is 6.54 Å². The fourth-order valence-corrected chi connectivity index (χ4v) is 2.19. The van der Waals surface area contributed by atoms with Crippen LogP contribution in [0.3, 0.4) is 0 Å². The molecule has 1 aromatic carbocycles. The molecule has 3 rings (SSSR count). The van der Waals surface area contributed by atoms with Gasteiger partial charge in [0.05, 0.1) is 12.1 Å². The molecule has 6 heteroatoms. The van der Waals surface area contributed by atoms with Gasteiger partial charge in [0.25, 0.3) is 0 Å². The molecule has 2 atom stereocenters. The van der Waals surface area contributed by atoms with Gasteiger partial charge < -0.3 is 19.9 Å². The number of carbonyl (C=O) groups is 1. The predicted octanol–water partition coefficient (Wildman–Crippen LogP) is 0.921. The van der Waals surface area contributed by atoms with E-state index in [0.29, 0.717) is 24.4 Å². The lowest BCUT2D eigenvalue weighted by Crippen LogP contribution is -2.14. The Kier molecular flexibility index (Phi) is 2.53. The van der Waals surface area contributed by atoms with Crippen molar-refractivity contribution in [2.45, 2.75) is 18.6 Å². The monoisotopic (exact) mass is 248 g/mol. The maximum atomic E-state index is 11.1. The number of fused-ring (bicyclic) bond motifs is 1. The molecule has 94 valence electrons. The zero-order valence-electron chi connectivity index (χ0n) is 9.46. The van der Waals surface area contributed by atoms with E-state index in [0.717, 1.165) is 0 Å². The molecule has 0 radical (unpaired) electrons. The number of aromatic carboxylic acids is 1. The van der Waals surface area contributed by atoms with Crippen molar-refractivity contribution >= 4 is 17.1 Å². The van der Waals surface area contributed by atoms with Gasteiger partial charge in [0.1, 0.15) is 11.1 Å². The van der Waals surface area contributed by atoms with Gasteiger partial charge in [-0.1, -0.05) is 6.07 Å². The fraction of sp³-hybridized carbons (Fsp3) is 0.333. The lowest BCUT2D eigenvalue weighted by molar-refractivity contribution is 0.0697. The fourth-order valence-electron chi connectivity index (χ4n) is 2.19. The number of carboxylic acids is 1. The first kappa shape index (κ1) is 11.2. The van der Waals surface area contributed by atoms with Gasteiger partial charge in [0.2, 0.25) is 5.89 Å². The quantitative estimate of drug-likeness (QED) is 0.731. The van der Waals surface area contributed by atoms with E-state index in [-0.39, 0.29) is 17.2 Å². The molecule has 0 spiro atoms. The third-order valence-electron chi connectivity index (χ3n) is 3.07. The number of oxazole rings is 1. The molecule has 0 aliphatic carbocycles. The van der Waals surface area contributed by atoms with Gasteiger partial charge >= 0.3 is 5.97 Å². The van der Waals surface area contributed by atoms with Crippen molar-refractivity contribution in [3.63, 3.8) is 0 Å². The van der Waals surface area contributed by atoms with E-state index < -0.39 is 12.1 Å². The van der Waals surface area contributed by atoms with Crippen LogP contribution in [0, 0.1) is 0 Å². The second kappa shape index (κ2) is 4.08. The molecule has 1 saturated heterocycles. The molecule has 1 aliphatic heterocycles. The Morgan fingerprint density at radius 3 is 3.00 bits per heavy atom. The van der Waals surface area contributed by atoms with Crippen LogP contribution in [0.15, 0.2) is 22.6 Å². The summed E-state index contributed by atoms with van der Waals surface area (Å²) in [5.41, 5.74) is 0.904. The number of hydrogen-bond acceptors (Lipinski definition) is 5. The normalized spacial score (nSPS) is 23.6. The van der Waals surface area contributed by atoms with Crippen LogP contribution < -0.4 is 5.32 Å². The third kappa shape index (κ3) is 1.75. The zero-order valence-corrected chi connectivity index (χ0v) is 9.46. The van der Waals surface area contributed by atoms with Crippen LogP contribution in [0.4, 0.5) is 0 Å². The number of aliphatic hydroxyl groups is 1. The lowest BCUT2D eigenvalue weighted by atomic mass is 10.2. The van der Waals surface area contributed by atoms with E-state index in [9.17, 15) is 9.90 Å². The molecule has 1 fully saturated rings. The number of hydrogen-bond donors (Lipinski definition) is 3. The van der Waals surface area contributed by atoms with Gasteiger partial charge in [-0.15, -0.1) is 0 Å². The molecule has 2 unspecified atom stereocenters. The Labute approximate surface area is 102 Å². The minimum Gasteiger partial charge on any atom is -0.478 e. The Bertz CT molecular complexity index is 607. The summed E-state index contributed by atoms with van der Waals surface area (Å²) in [6, 6.07) is 4.67. The predicted molar refractivity (Wildman–Crippen MR) is 62.3 cm³/mol. The van der Waals surface area contributed by atoms with Gasteiger partial charge in [0.15, 0.2) is 5.58 Å². The number of aliphatic hydroxyl groups excluding tert-OH is 1. The summed E-state index contributed by atoms with van der Waals surface area (Å²) < 4.78 is 5.53. The maximum Gasteiger partial charge on any atom is 0.339 e. The molecule has 1 aromatic heterocycles. The third-order valence-corrected chi connectivity index (χ3v) is 3.07. The van der Waals surface area contributed by atoms with Crippen LogP contribution >= 0.6 is 0 Å². The maximum absolute atomic E-state index is 11.1. The summed E-state index contributed by atoms with van der Waals surface area (Å²) >= 11 is 0. The summed E-state index contributed by atoms with van der Waals surface area (Å²) in [6.45, 7) is 0.495. The van der Waals surface area contributed by atoms with Gasteiger partial charge in [-0.25, -0.2) is 9.78 Å². The van der Waals surface area contributed by atoms with Crippen LogP contribution in [-0.4, -0.2) is 33.8 Å². The van der Waals surface area contributed by atoms with Gasteiger partial charge in [-0.2, -0.15) is 0 Å². The SMILES string of the molecule is O=C(O)c1cccc2nc(C3CC(O)CN3)oc12. The first-order valence-corrected chi connectivity index (χ1v) is 5.69. The van der Waals surface area contributed by atoms with Crippen LogP contribution in [0.1, 0.15) is 28.7 Å². The van der Waals surface area contributed by atoms with E-state index in [1.807, 2.05) is 0 Å². The molecule has 0 saturated carbocycles. The minimum absolute atomic E-state index is 0.102. The number of nitrogens with one attached hydrogen (secondary N) is 1. The molecule has 2 aromatic rings. The van der Waals surface area contributed by atoms with E-state index in [4.69, 9.17) is 9.52 Å². The van der Waals surface area contributed by atoms with Crippen molar-refractivity contribution < 1.29 is 19.4 Å². The summed E-state index contributed by atoms with van der Waals surface area (Å²) in [7, 11) is 0. The largest absolute Gasteiger partial charge is 0.478 e. The highest BCUT2D eigenvalue weighted by molar-refractivity contribution is 5.99. The minimum atomic E-state index is -1.04. The second-order valence-electron chi connectivity index (χ2n) is 4.36. The lowest BCUT2D eigenvalue weighted by Gasteiger charge is -2.02. The first-order chi connectivity index (χ1) is 8.65. The van der Waals surface area contributed by atoms with Crippen LogP contribution in [-0.2, 0) is 0 Å². The van der Waals surface area contributed by atoms with Crippen LogP contribution in [0.2, 0.25) is 0 Å². The van der Waals surface area contributed by atoms with Crippen molar-refractivity contribution in [2.24, 2.45) is 0 Å². The molecule has 18 heavy (non-hydrogen) atoms. The van der Waals surface area contributed by atoms with E-state index >= 15 is 0 Å². The standard InChI is InChI=1S/C12H12N2O4/c15-6-4-9(13-5-6)11-14-8-3-1-2-7(12(16)17)10(8)18-11/h1-3,6,9,13,15H,4-5H2,(H,16,17). The van der Waals surface area contributed by atoms with Gasteiger partial charge in [0, 0.05) is 6.54 Å². The number of β-amino-alcohol motifs (C(OH)–C–C–N with tert-alkyl or cyclic N) is 1. The van der Waals surface area contributed by atoms with Crippen molar-refractivity contribution in [3.8, 4) is 0 Å². The van der Waals surface area contributed by atoms with Crippen molar-refractivity contribution in [3.05, 3.63) is 29.7 Å². The molecule has 0 bridgehead atoms. The summed E-state index contributed by atoms with van der Waals surface area (Å²) in [5.74, 6) is -0.613. The number of carboxylic acid groups (broad SMARTS) is 1. The van der Waals surface area contributed by atoms with E-state index in [1.165, 1.54) is 6.07 Å². The highest BCUT2D eigenvalue weighted by Gasteiger charge is 2.28. The molecular formula is C12H12N2O4. The molecule has 0 amide bonds. The molecule has 1 aliphatic rings. The highest BCUT2D eigenvalue weighted by atomic mass is 16.4. The number of rotatable bonds is 2. The number of aromatic nitrogens is 1. The Hall–Kier alpha value is -1.92. The average Bonchev–Trinajstić information content (AvgIpc) is 2.93. The number of benzene rings is 1. The Morgan fingerprint density at radius 1 is 1.50 bits per heavy atom. The average molecular weight is 248 g/mol. The number of para-hydroxylation sites is 1. The molecular weight excluding hydrogens is 236 g/mol. The van der Waals surface area contributed by atoms with Crippen LogP contribution in [0.25, 0.3) is 11.1 Å². The smallest absolute Gasteiger partial charge is 0.339 e. The molecule has 2 heterocycles. The topological polar surface area (TPSA) is 95.6 Å². The second-order valence-corrected chi connectivity index (χ2v) is 4.36. The first-order valence-electron chi connectivity index (χ1n) is 5.69. The van der Waals surface area contributed by atoms with Crippen LogP contribution in [0.5, 0.6) is 0 Å². The highest BCUT2D eigenvalue weighted by Crippen LogP contribution is 2.27. The van der Waals surface area contributed by atoms with Crippen molar-refractivity contribution in [1.82, 2.24) is 10.3 Å². The summed E-state index contributed by atoms with van der Waals surface area (Å²) in [6.07, 6.45) is 0.110. The number of nitrogens with zero attached hydrogens (tertiary/aromatic N) is 1. The van der Waals surface area contributed by atoms with Gasteiger partial charge in [-0.05, 0) is 18.6 Å². The molecule has 6 nitrogen and oxygen atoms in total. The summed E-state index contributed by atoms with van der Waals surface area (Å²) in [5, 5.41) is 21.6. The Morgan fingerprint density at radius 2 is 2.33 bits per heavy atom. The Balaban J connectivity index is 2.05. The van der Waals surface area contributed by atoms with Crippen molar-refractivity contribution in [1.29, 1.82) is 0 Å². The van der Waals surface area contributed by atoms with E-state index in [2.05, 4.69) is 10.3 Å². The van der Waals surface area contributed by atoms with E-state index in [1.54, 1.807) is 12.1 Å².